The summed E-state index contributed by atoms with van der Waals surface area (Å²) in [4.78, 5) is 14.6. The second-order valence-corrected chi connectivity index (χ2v) is 5.41. The van der Waals surface area contributed by atoms with Gasteiger partial charge in [0.2, 0.25) is 0 Å². The molecule has 0 bridgehead atoms. The maximum atomic E-state index is 12.5. The number of hydrogen-bond donors (Lipinski definition) is 0. The van der Waals surface area contributed by atoms with Crippen molar-refractivity contribution >= 4 is 28.9 Å². The van der Waals surface area contributed by atoms with Crippen molar-refractivity contribution in [3.8, 4) is 0 Å². The quantitative estimate of drug-likeness (QED) is 0.788. The lowest BCUT2D eigenvalue weighted by Crippen LogP contribution is -2.33. The van der Waals surface area contributed by atoms with Crippen LogP contribution in [0.25, 0.3) is 0 Å². The van der Waals surface area contributed by atoms with E-state index in [0.29, 0.717) is 35.2 Å². The Kier molecular flexibility index (Phi) is 3.94. The molecule has 0 spiro atoms. The van der Waals surface area contributed by atoms with E-state index in [9.17, 15) is 4.79 Å². The summed E-state index contributed by atoms with van der Waals surface area (Å²) in [6, 6.07) is 7.12. The number of halogens is 1. The maximum Gasteiger partial charge on any atom is 0.282 e. The summed E-state index contributed by atoms with van der Waals surface area (Å²) in [7, 11) is 0. The van der Waals surface area contributed by atoms with Gasteiger partial charge < -0.3 is 9.64 Å². The molecule has 0 atom stereocenters. The predicted molar refractivity (Wildman–Crippen MR) is 82.5 cm³/mol. The summed E-state index contributed by atoms with van der Waals surface area (Å²) in [5, 5.41) is 6.32. The molecule has 2 heterocycles. The first kappa shape index (κ1) is 14.1. The number of rotatable bonds is 2. The predicted octanol–water partition coefficient (Wildman–Crippen LogP) is 2.28. The van der Waals surface area contributed by atoms with Crippen LogP contribution < -0.4 is 5.01 Å². The van der Waals surface area contributed by atoms with Crippen LogP contribution in [0.2, 0.25) is 5.02 Å². The number of nitrogens with zero attached hydrogens (tertiary/aromatic N) is 3. The van der Waals surface area contributed by atoms with E-state index < -0.39 is 0 Å². The smallest absolute Gasteiger partial charge is 0.282 e. The lowest BCUT2D eigenvalue weighted by Gasteiger charge is -2.25. The molecule has 2 aliphatic rings. The van der Waals surface area contributed by atoms with Crippen LogP contribution in [0.15, 0.2) is 41.1 Å². The Morgan fingerprint density at radius 3 is 2.81 bits per heavy atom. The van der Waals surface area contributed by atoms with Gasteiger partial charge in [-0.05, 0) is 25.1 Å². The van der Waals surface area contributed by atoms with Gasteiger partial charge in [0.05, 0.1) is 30.2 Å². The van der Waals surface area contributed by atoms with E-state index in [0.717, 1.165) is 13.1 Å². The highest BCUT2D eigenvalue weighted by molar-refractivity contribution is 6.32. The van der Waals surface area contributed by atoms with Gasteiger partial charge in [0.1, 0.15) is 0 Å². The van der Waals surface area contributed by atoms with Crippen molar-refractivity contribution in [3.05, 3.63) is 41.1 Å². The van der Waals surface area contributed by atoms with Gasteiger partial charge in [-0.3, -0.25) is 4.79 Å². The average Bonchev–Trinajstić information content (AvgIpc) is 2.76. The second kappa shape index (κ2) is 5.87. The highest BCUT2D eigenvalue weighted by Crippen LogP contribution is 2.26. The van der Waals surface area contributed by atoms with Crippen LogP contribution in [-0.2, 0) is 9.53 Å². The molecule has 0 saturated carbocycles. The normalized spacial score (nSPS) is 21.1. The Bertz CT molecular complexity index is 621. The van der Waals surface area contributed by atoms with E-state index in [2.05, 4.69) is 10.0 Å². The van der Waals surface area contributed by atoms with Gasteiger partial charge in [-0.25, -0.2) is 0 Å². The third kappa shape index (κ3) is 2.94. The molecule has 1 amide bonds. The molecule has 6 heteroatoms. The molecule has 0 aromatic heterocycles. The molecule has 1 fully saturated rings. The minimum absolute atomic E-state index is 0.124. The Labute approximate surface area is 128 Å². The van der Waals surface area contributed by atoms with Crippen LogP contribution in [0.1, 0.15) is 6.92 Å². The van der Waals surface area contributed by atoms with Crippen LogP contribution in [0.3, 0.4) is 0 Å². The topological polar surface area (TPSA) is 45.1 Å². The van der Waals surface area contributed by atoms with Crippen molar-refractivity contribution < 1.29 is 9.53 Å². The molecule has 2 aliphatic heterocycles. The monoisotopic (exact) mass is 305 g/mol. The Hall–Kier alpha value is -1.85. The number of hydrazone groups is 1. The zero-order valence-electron chi connectivity index (χ0n) is 11.8. The molecule has 21 heavy (non-hydrogen) atoms. The average molecular weight is 306 g/mol. The minimum atomic E-state index is -0.124. The molecule has 0 unspecified atom stereocenters. The zero-order valence-corrected chi connectivity index (χ0v) is 12.5. The van der Waals surface area contributed by atoms with E-state index in [1.54, 1.807) is 18.2 Å². The number of carbonyl (C=O) groups is 1. The number of benzene rings is 1. The van der Waals surface area contributed by atoms with Crippen molar-refractivity contribution in [2.75, 3.05) is 31.3 Å². The van der Waals surface area contributed by atoms with E-state index in [4.69, 9.17) is 16.3 Å². The third-order valence-electron chi connectivity index (χ3n) is 3.47. The van der Waals surface area contributed by atoms with E-state index in [1.807, 2.05) is 19.2 Å². The van der Waals surface area contributed by atoms with Crippen molar-refractivity contribution in [1.82, 2.24) is 4.90 Å². The number of anilines is 1. The summed E-state index contributed by atoms with van der Waals surface area (Å²) >= 11 is 5.98. The van der Waals surface area contributed by atoms with Crippen LogP contribution >= 0.6 is 11.6 Å². The molecule has 110 valence electrons. The first-order chi connectivity index (χ1) is 10.1. The van der Waals surface area contributed by atoms with Crippen molar-refractivity contribution in [2.45, 2.75) is 6.92 Å². The number of amides is 1. The first-order valence-electron chi connectivity index (χ1n) is 6.84. The second-order valence-electron chi connectivity index (χ2n) is 4.97. The number of ether oxygens (including phenoxy) is 1. The third-order valence-corrected chi connectivity index (χ3v) is 3.71. The lowest BCUT2D eigenvalue weighted by molar-refractivity contribution is -0.114. The summed E-state index contributed by atoms with van der Waals surface area (Å²) in [6.45, 7) is 4.80. The fourth-order valence-corrected chi connectivity index (χ4v) is 2.52. The summed E-state index contributed by atoms with van der Waals surface area (Å²) in [5.74, 6) is -0.124. The Morgan fingerprint density at radius 1 is 1.33 bits per heavy atom. The van der Waals surface area contributed by atoms with E-state index in [1.165, 1.54) is 5.01 Å². The molecule has 5 nitrogen and oxygen atoms in total. The molecular weight excluding hydrogens is 290 g/mol. The van der Waals surface area contributed by atoms with E-state index in [-0.39, 0.29) is 5.91 Å². The fourth-order valence-electron chi connectivity index (χ4n) is 2.34. The van der Waals surface area contributed by atoms with Gasteiger partial charge in [0.25, 0.3) is 5.91 Å². The van der Waals surface area contributed by atoms with Crippen LogP contribution in [0.5, 0.6) is 0 Å². The van der Waals surface area contributed by atoms with Crippen molar-refractivity contribution in [2.24, 2.45) is 5.10 Å². The van der Waals surface area contributed by atoms with Gasteiger partial charge in [-0.15, -0.1) is 0 Å². The van der Waals surface area contributed by atoms with Crippen LogP contribution in [-0.4, -0.2) is 42.8 Å². The molecule has 0 N–H and O–H groups in total. The van der Waals surface area contributed by atoms with Crippen LogP contribution in [0.4, 0.5) is 5.69 Å². The van der Waals surface area contributed by atoms with Gasteiger partial charge in [0.15, 0.2) is 0 Å². The SMILES string of the molecule is CC1=NN(c2cccc(Cl)c2)C(=O)C1=CN1CCOCC1. The van der Waals surface area contributed by atoms with E-state index >= 15 is 0 Å². The zero-order chi connectivity index (χ0) is 14.8. The lowest BCUT2D eigenvalue weighted by atomic mass is 10.2. The number of morpholine rings is 1. The number of hydrogen-bond acceptors (Lipinski definition) is 4. The van der Waals surface area contributed by atoms with Gasteiger partial charge in [0, 0.05) is 24.3 Å². The van der Waals surface area contributed by atoms with Gasteiger partial charge in [-0.1, -0.05) is 17.7 Å². The Balaban J connectivity index is 1.85. The minimum Gasteiger partial charge on any atom is -0.378 e. The van der Waals surface area contributed by atoms with Crippen molar-refractivity contribution in [1.29, 1.82) is 0 Å². The standard InChI is InChI=1S/C15H16ClN3O2/c1-11-14(10-18-5-7-21-8-6-18)15(20)19(17-11)13-4-2-3-12(16)9-13/h2-4,9-10H,5-8H2,1H3. The summed E-state index contributed by atoms with van der Waals surface area (Å²) in [6.07, 6.45) is 1.88. The molecule has 0 radical (unpaired) electrons. The Morgan fingerprint density at radius 2 is 2.10 bits per heavy atom. The summed E-state index contributed by atoms with van der Waals surface area (Å²) in [5.41, 5.74) is 2.01. The molecule has 1 aromatic carbocycles. The summed E-state index contributed by atoms with van der Waals surface area (Å²) < 4.78 is 5.31. The molecule has 1 aromatic rings. The number of carbonyl (C=O) groups excluding carboxylic acids is 1. The van der Waals surface area contributed by atoms with Crippen LogP contribution in [0, 0.1) is 0 Å². The highest BCUT2D eigenvalue weighted by Gasteiger charge is 2.29. The van der Waals surface area contributed by atoms with Gasteiger partial charge in [-0.2, -0.15) is 10.1 Å². The molecule has 1 saturated heterocycles. The fraction of sp³-hybridized carbons (Fsp3) is 0.333. The molecular formula is C15H16ClN3O2. The van der Waals surface area contributed by atoms with Crippen molar-refractivity contribution in [3.63, 3.8) is 0 Å². The largest absolute Gasteiger partial charge is 0.378 e. The highest BCUT2D eigenvalue weighted by atomic mass is 35.5. The molecule has 0 aliphatic carbocycles. The first-order valence-corrected chi connectivity index (χ1v) is 7.22. The van der Waals surface area contributed by atoms with Gasteiger partial charge >= 0.3 is 0 Å². The maximum absolute atomic E-state index is 12.5. The molecule has 3 rings (SSSR count).